The van der Waals surface area contributed by atoms with Gasteiger partial charge in [-0.05, 0) is 34.5 Å². The normalized spacial score (nSPS) is 12.1. The number of hydrogen-bond donors (Lipinski definition) is 2. The number of nitrogens with one attached hydrogen (secondary N) is 1. The van der Waals surface area contributed by atoms with Crippen molar-refractivity contribution in [2.45, 2.75) is 17.7 Å². The molecule has 1 rings (SSSR count). The molecule has 0 heterocycles. The number of benzene rings is 1. The summed E-state index contributed by atoms with van der Waals surface area (Å²) in [4.78, 5) is -0.0738. The predicted molar refractivity (Wildman–Crippen MR) is 75.3 cm³/mol. The molecule has 9 heteroatoms. The summed E-state index contributed by atoms with van der Waals surface area (Å²) < 4.78 is 51.7. The highest BCUT2D eigenvalue weighted by Gasteiger charge is 2.30. The van der Waals surface area contributed by atoms with E-state index >= 15 is 0 Å². The third kappa shape index (κ3) is 4.96. The van der Waals surface area contributed by atoms with Gasteiger partial charge in [0.15, 0.2) is 0 Å². The highest BCUT2D eigenvalue weighted by Crippen LogP contribution is 2.25. The molecule has 3 N–H and O–H groups in total. The second kappa shape index (κ2) is 6.94. The van der Waals surface area contributed by atoms with Gasteiger partial charge in [0.05, 0.1) is 18.0 Å². The summed E-state index contributed by atoms with van der Waals surface area (Å²) >= 11 is 3.12. The van der Waals surface area contributed by atoms with Crippen molar-refractivity contribution >= 4 is 38.4 Å². The molecule has 19 heavy (non-hydrogen) atoms. The van der Waals surface area contributed by atoms with Crippen LogP contribution in [0.25, 0.3) is 0 Å². The Balaban J connectivity index is 0.00000324. The zero-order valence-electron chi connectivity index (χ0n) is 9.99. The smallest absolute Gasteiger partial charge is 0.273 e. The number of nitrogens with two attached hydrogens (primary N) is 1. The van der Waals surface area contributed by atoms with Gasteiger partial charge < -0.3 is 5.73 Å². The van der Waals surface area contributed by atoms with E-state index in [1.807, 2.05) is 4.72 Å². The van der Waals surface area contributed by atoms with Crippen molar-refractivity contribution in [3.63, 3.8) is 0 Å². The monoisotopic (exact) mass is 378 g/mol. The van der Waals surface area contributed by atoms with E-state index < -0.39 is 29.0 Å². The highest BCUT2D eigenvalue weighted by molar-refractivity contribution is 9.10. The van der Waals surface area contributed by atoms with Crippen LogP contribution >= 0.6 is 28.3 Å². The molecule has 0 saturated heterocycles. The van der Waals surface area contributed by atoms with E-state index in [1.54, 1.807) is 13.0 Å². The third-order valence-electron chi connectivity index (χ3n) is 2.27. The Morgan fingerprint density at radius 2 is 2.00 bits per heavy atom. The van der Waals surface area contributed by atoms with Crippen molar-refractivity contribution in [2.24, 2.45) is 5.73 Å². The van der Waals surface area contributed by atoms with Crippen LogP contribution in [0.3, 0.4) is 0 Å². The minimum atomic E-state index is -3.99. The lowest BCUT2D eigenvalue weighted by Crippen LogP contribution is -2.41. The molecule has 0 bridgehead atoms. The van der Waals surface area contributed by atoms with Crippen LogP contribution in [-0.2, 0) is 10.0 Å². The van der Waals surface area contributed by atoms with Crippen molar-refractivity contribution in [1.82, 2.24) is 4.72 Å². The zero-order valence-corrected chi connectivity index (χ0v) is 13.2. The molecule has 1 aromatic carbocycles. The molecule has 0 amide bonds. The summed E-state index contributed by atoms with van der Waals surface area (Å²) in [5.41, 5.74) is 5.53. The maximum atomic E-state index is 12.9. The molecule has 0 aliphatic carbocycles. The highest BCUT2D eigenvalue weighted by atomic mass is 79.9. The Labute approximate surface area is 125 Å². The molecule has 0 aliphatic heterocycles. The first-order chi connectivity index (χ1) is 8.19. The molecule has 0 atom stereocenters. The van der Waals surface area contributed by atoms with Crippen molar-refractivity contribution in [2.75, 3.05) is 13.1 Å². The Hall–Kier alpha value is -0.280. The van der Waals surface area contributed by atoms with Crippen LogP contribution in [0.5, 0.6) is 0 Å². The van der Waals surface area contributed by atoms with Crippen molar-refractivity contribution in [3.8, 4) is 0 Å². The molecule has 110 valence electrons. The summed E-state index contributed by atoms with van der Waals surface area (Å²) in [6.07, 6.45) is 0. The van der Waals surface area contributed by atoms with Gasteiger partial charge in [-0.25, -0.2) is 21.9 Å². The van der Waals surface area contributed by atoms with Gasteiger partial charge in [-0.2, -0.15) is 0 Å². The molecule has 0 aliphatic rings. The molecule has 0 fully saturated rings. The van der Waals surface area contributed by atoms with E-state index in [0.717, 1.165) is 0 Å². The van der Waals surface area contributed by atoms with Crippen LogP contribution in [-0.4, -0.2) is 27.4 Å². The maximum Gasteiger partial charge on any atom is 0.273 e. The number of sulfonamides is 1. The maximum absolute atomic E-state index is 12.9. The second-order valence-corrected chi connectivity index (χ2v) is 6.30. The minimum Gasteiger partial charge on any atom is -0.325 e. The minimum absolute atomic E-state index is 0. The Bertz CT molecular complexity index is 540. The number of halogens is 4. The lowest BCUT2D eigenvalue weighted by atomic mass is 10.2. The molecule has 4 nitrogen and oxygen atoms in total. The van der Waals surface area contributed by atoms with Gasteiger partial charge in [0.25, 0.3) is 5.92 Å². The molecule has 0 spiro atoms. The van der Waals surface area contributed by atoms with E-state index in [9.17, 15) is 17.2 Å². The fourth-order valence-corrected chi connectivity index (χ4v) is 3.29. The van der Waals surface area contributed by atoms with Crippen LogP contribution in [0.2, 0.25) is 0 Å². The summed E-state index contributed by atoms with van der Waals surface area (Å²) in [7, 11) is -3.99. The summed E-state index contributed by atoms with van der Waals surface area (Å²) in [5.74, 6) is -3.26. The van der Waals surface area contributed by atoms with Crippen molar-refractivity contribution in [1.29, 1.82) is 0 Å². The van der Waals surface area contributed by atoms with Gasteiger partial charge >= 0.3 is 0 Å². The predicted octanol–water partition coefficient (Wildman–Crippen LogP) is 2.05. The first-order valence-electron chi connectivity index (χ1n) is 5.02. The van der Waals surface area contributed by atoms with Crippen LogP contribution in [0.15, 0.2) is 27.6 Å². The topological polar surface area (TPSA) is 72.2 Å². The largest absolute Gasteiger partial charge is 0.325 e. The summed E-state index contributed by atoms with van der Waals surface area (Å²) in [6, 6.07) is 4.58. The van der Waals surface area contributed by atoms with Gasteiger partial charge in [0.2, 0.25) is 10.0 Å². The number of rotatable bonds is 5. The quantitative estimate of drug-likeness (QED) is 0.822. The Morgan fingerprint density at radius 1 is 1.42 bits per heavy atom. The fourth-order valence-electron chi connectivity index (χ4n) is 1.18. The Morgan fingerprint density at radius 3 is 2.53 bits per heavy atom. The number of hydrogen-bond acceptors (Lipinski definition) is 3. The molecular formula is C10H14BrClF2N2O2S. The standard InChI is InChI=1S/C10H13BrF2N2O2S.ClH/c1-7-3-2-4-8(9(7)11)18(16,17)15-6-10(12,13)5-14;/h2-4,15H,5-6,14H2,1H3;1H. The van der Waals surface area contributed by atoms with Crippen LogP contribution < -0.4 is 10.5 Å². The Kier molecular flexibility index (Phi) is 6.84. The van der Waals surface area contributed by atoms with E-state index in [2.05, 4.69) is 15.9 Å². The molecule has 0 radical (unpaired) electrons. The molecule has 0 unspecified atom stereocenters. The SMILES string of the molecule is Cc1cccc(S(=O)(=O)NCC(F)(F)CN)c1Br.Cl. The van der Waals surface area contributed by atoms with Crippen LogP contribution in [0.1, 0.15) is 5.56 Å². The first kappa shape index (κ1) is 18.7. The average Bonchev–Trinajstić information content (AvgIpc) is 2.30. The first-order valence-corrected chi connectivity index (χ1v) is 7.30. The van der Waals surface area contributed by atoms with E-state index in [1.165, 1.54) is 12.1 Å². The fraction of sp³-hybridized carbons (Fsp3) is 0.400. The number of alkyl halides is 2. The van der Waals surface area contributed by atoms with E-state index in [0.29, 0.717) is 10.0 Å². The van der Waals surface area contributed by atoms with Gasteiger partial charge in [0, 0.05) is 4.47 Å². The van der Waals surface area contributed by atoms with Crippen LogP contribution in [0.4, 0.5) is 8.78 Å². The van der Waals surface area contributed by atoms with Gasteiger partial charge in [-0.1, -0.05) is 12.1 Å². The molecule has 0 aromatic heterocycles. The molecule has 0 saturated carbocycles. The van der Waals surface area contributed by atoms with Crippen molar-refractivity contribution < 1.29 is 17.2 Å². The second-order valence-electron chi connectivity index (χ2n) is 3.77. The lowest BCUT2D eigenvalue weighted by molar-refractivity contribution is 0.0170. The molecule has 1 aromatic rings. The van der Waals surface area contributed by atoms with E-state index in [4.69, 9.17) is 5.73 Å². The van der Waals surface area contributed by atoms with E-state index in [-0.39, 0.29) is 17.3 Å². The molecular weight excluding hydrogens is 366 g/mol. The van der Waals surface area contributed by atoms with Gasteiger partial charge in [-0.15, -0.1) is 12.4 Å². The van der Waals surface area contributed by atoms with Crippen LogP contribution in [0, 0.1) is 6.92 Å². The number of aryl methyl sites for hydroxylation is 1. The summed E-state index contributed by atoms with van der Waals surface area (Å²) in [6.45, 7) is -0.228. The average molecular weight is 380 g/mol. The van der Waals surface area contributed by atoms with Crippen molar-refractivity contribution in [3.05, 3.63) is 28.2 Å². The van der Waals surface area contributed by atoms with Gasteiger partial charge in [-0.3, -0.25) is 0 Å². The zero-order chi connectivity index (χ0) is 14.0. The lowest BCUT2D eigenvalue weighted by Gasteiger charge is -2.15. The third-order valence-corrected chi connectivity index (χ3v) is 5.02. The van der Waals surface area contributed by atoms with Gasteiger partial charge in [0.1, 0.15) is 0 Å². The summed E-state index contributed by atoms with van der Waals surface area (Å²) in [5, 5.41) is 0.